The van der Waals surface area contributed by atoms with Crippen LogP contribution in [0.25, 0.3) is 0 Å². The molecule has 0 aromatic heterocycles. The molecule has 9 heteroatoms. The number of carbonyl (C=O) groups is 2. The molecule has 0 aliphatic heterocycles. The van der Waals surface area contributed by atoms with Gasteiger partial charge in [0.15, 0.2) is 0 Å². The zero-order chi connectivity index (χ0) is 21.6. The minimum atomic E-state index is -1.12. The summed E-state index contributed by atoms with van der Waals surface area (Å²) in [5.41, 5.74) is 0.890. The van der Waals surface area contributed by atoms with E-state index in [1.807, 2.05) is 18.4 Å². The lowest BCUT2D eigenvalue weighted by Crippen LogP contribution is -2.21. The van der Waals surface area contributed by atoms with Gasteiger partial charge in [-0.3, -0.25) is 5.32 Å². The van der Waals surface area contributed by atoms with E-state index >= 15 is 0 Å². The summed E-state index contributed by atoms with van der Waals surface area (Å²) in [7, 11) is 0. The van der Waals surface area contributed by atoms with Crippen molar-refractivity contribution in [2.24, 2.45) is 5.92 Å². The van der Waals surface area contributed by atoms with Crippen LogP contribution < -0.4 is 5.32 Å². The number of thioether (sulfide) groups is 1. The number of nitrogens with one attached hydrogen (secondary N) is 1. The Balaban J connectivity index is 2.29. The average Bonchev–Trinajstić information content (AvgIpc) is 2.67. The number of halogens is 2. The van der Waals surface area contributed by atoms with Crippen molar-refractivity contribution in [2.75, 3.05) is 11.6 Å². The Morgan fingerprint density at radius 2 is 1.86 bits per heavy atom. The van der Waals surface area contributed by atoms with Crippen LogP contribution in [-0.4, -0.2) is 28.5 Å². The highest BCUT2D eigenvalue weighted by Crippen LogP contribution is 2.40. The maximum atomic E-state index is 12.5. The molecule has 3 N–H and O–H groups in total. The lowest BCUT2D eigenvalue weighted by molar-refractivity contribution is -0.131. The molecule has 1 amide bonds. The van der Waals surface area contributed by atoms with Crippen LogP contribution >= 0.6 is 43.6 Å². The number of benzene rings is 2. The van der Waals surface area contributed by atoms with Crippen molar-refractivity contribution in [3.8, 4) is 5.75 Å². The van der Waals surface area contributed by atoms with E-state index in [0.29, 0.717) is 20.2 Å². The second-order valence-electron chi connectivity index (χ2n) is 6.06. The van der Waals surface area contributed by atoms with Gasteiger partial charge < -0.3 is 14.9 Å². The Hall–Kier alpha value is -1.97. The summed E-state index contributed by atoms with van der Waals surface area (Å²) in [4.78, 5) is 24.4. The summed E-state index contributed by atoms with van der Waals surface area (Å²) in [5.74, 6) is -1.73. The zero-order valence-electron chi connectivity index (χ0n) is 15.6. The van der Waals surface area contributed by atoms with Crippen molar-refractivity contribution in [1.29, 1.82) is 0 Å². The molecule has 2 rings (SSSR count). The van der Waals surface area contributed by atoms with Crippen molar-refractivity contribution in [3.63, 3.8) is 0 Å². The topological polar surface area (TPSA) is 95.9 Å². The Kier molecular flexibility index (Phi) is 8.60. The number of phenols is 1. The summed E-state index contributed by atoms with van der Waals surface area (Å²) in [5, 5.41) is 22.0. The molecule has 0 unspecified atom stereocenters. The molecule has 0 radical (unpaired) electrons. The fraction of sp³-hybridized carbons (Fsp3) is 0.200. The number of carboxylic acid groups (broad SMARTS) is 1. The largest absolute Gasteiger partial charge is 0.506 e. The molecular weight excluding hydrogens is 526 g/mol. The first-order valence-electron chi connectivity index (χ1n) is 8.42. The standard InChI is InChI=1S/C20H19Br2NO5S/c1-11(3-8-17(24)25)19(15-9-12(21)10-16(22)18(15)26)28-20(27)23-13-4-6-14(29-2)7-5-13/h3-11,19,26H,1-2H3,(H,23,27)(H,24,25)/b8-3+/t11-,19+/m1/s1. The first kappa shape index (κ1) is 23.3. The number of ether oxygens (including phenoxy) is 1. The van der Waals surface area contributed by atoms with Gasteiger partial charge in [-0.15, -0.1) is 11.8 Å². The number of anilines is 1. The Morgan fingerprint density at radius 1 is 1.21 bits per heavy atom. The molecule has 6 nitrogen and oxygen atoms in total. The SMILES string of the molecule is CSc1ccc(NC(=O)O[C@H](c2cc(Br)cc(Br)c2O)[C@H](C)/C=C/C(=O)O)cc1. The van der Waals surface area contributed by atoms with Crippen LogP contribution in [0.2, 0.25) is 0 Å². The third-order valence-corrected chi connectivity index (χ3v) is 5.76. The Bertz CT molecular complexity index is 918. The third-order valence-electron chi connectivity index (χ3n) is 3.95. The molecule has 29 heavy (non-hydrogen) atoms. The predicted octanol–water partition coefficient (Wildman–Crippen LogP) is 6.21. The predicted molar refractivity (Wildman–Crippen MR) is 121 cm³/mol. The van der Waals surface area contributed by atoms with Crippen LogP contribution in [-0.2, 0) is 9.53 Å². The van der Waals surface area contributed by atoms with E-state index in [0.717, 1.165) is 11.0 Å². The van der Waals surface area contributed by atoms with Crippen molar-refractivity contribution in [2.45, 2.75) is 17.9 Å². The zero-order valence-corrected chi connectivity index (χ0v) is 19.5. The van der Waals surface area contributed by atoms with E-state index in [1.165, 1.54) is 6.08 Å². The first-order chi connectivity index (χ1) is 13.7. The molecule has 154 valence electrons. The Labute approximate surface area is 189 Å². The van der Waals surface area contributed by atoms with Crippen LogP contribution in [0.1, 0.15) is 18.6 Å². The van der Waals surface area contributed by atoms with Crippen molar-refractivity contribution >= 4 is 61.4 Å². The molecule has 0 spiro atoms. The second-order valence-corrected chi connectivity index (χ2v) is 8.71. The van der Waals surface area contributed by atoms with E-state index in [9.17, 15) is 14.7 Å². The number of phenolic OH excluding ortho intramolecular Hbond substituents is 1. The van der Waals surface area contributed by atoms with E-state index < -0.39 is 24.1 Å². The van der Waals surface area contributed by atoms with Gasteiger partial charge in [0.25, 0.3) is 0 Å². The summed E-state index contributed by atoms with van der Waals surface area (Å²) < 4.78 is 6.66. The van der Waals surface area contributed by atoms with Gasteiger partial charge in [0.05, 0.1) is 4.47 Å². The van der Waals surface area contributed by atoms with Crippen LogP contribution in [0.4, 0.5) is 10.5 Å². The minimum absolute atomic E-state index is 0.0918. The highest BCUT2D eigenvalue weighted by Gasteiger charge is 2.26. The molecular formula is C20H19Br2NO5S. The number of hydrogen-bond acceptors (Lipinski definition) is 5. The smallest absolute Gasteiger partial charge is 0.412 e. The van der Waals surface area contributed by atoms with Gasteiger partial charge in [0.2, 0.25) is 0 Å². The summed E-state index contributed by atoms with van der Waals surface area (Å²) in [6.07, 6.45) is 2.69. The highest BCUT2D eigenvalue weighted by molar-refractivity contribution is 9.11. The second kappa shape index (κ2) is 10.7. The van der Waals surface area contributed by atoms with Crippen LogP contribution in [0.3, 0.4) is 0 Å². The fourth-order valence-electron chi connectivity index (χ4n) is 2.53. The van der Waals surface area contributed by atoms with Crippen molar-refractivity contribution in [3.05, 3.63) is 63.1 Å². The van der Waals surface area contributed by atoms with Crippen LogP contribution in [0, 0.1) is 5.92 Å². The number of hydrogen-bond donors (Lipinski definition) is 3. The van der Waals surface area contributed by atoms with Crippen molar-refractivity contribution < 1.29 is 24.5 Å². The number of amides is 1. The molecule has 0 heterocycles. The minimum Gasteiger partial charge on any atom is -0.506 e. The quantitative estimate of drug-likeness (QED) is 0.283. The molecule has 0 saturated heterocycles. The molecule has 0 aliphatic carbocycles. The fourth-order valence-corrected chi connectivity index (χ4v) is 4.20. The van der Waals surface area contributed by atoms with Crippen LogP contribution in [0.15, 0.2) is 62.4 Å². The highest BCUT2D eigenvalue weighted by atomic mass is 79.9. The third kappa shape index (κ3) is 6.80. The van der Waals surface area contributed by atoms with Gasteiger partial charge in [-0.25, -0.2) is 9.59 Å². The molecule has 2 aromatic rings. The lowest BCUT2D eigenvalue weighted by Gasteiger charge is -2.24. The summed E-state index contributed by atoms with van der Waals surface area (Å²) in [6, 6.07) is 10.5. The molecule has 0 fully saturated rings. The van der Waals surface area contributed by atoms with Crippen LogP contribution in [0.5, 0.6) is 5.75 Å². The molecule has 0 saturated carbocycles. The molecule has 2 aromatic carbocycles. The van der Waals surface area contributed by atoms with E-state index in [-0.39, 0.29) is 5.75 Å². The van der Waals surface area contributed by atoms with Gasteiger partial charge >= 0.3 is 12.1 Å². The van der Waals surface area contributed by atoms with E-state index in [4.69, 9.17) is 9.84 Å². The monoisotopic (exact) mass is 543 g/mol. The van der Waals surface area contributed by atoms with Gasteiger partial charge in [-0.2, -0.15) is 0 Å². The van der Waals surface area contributed by atoms with Gasteiger partial charge in [0, 0.05) is 32.6 Å². The van der Waals surface area contributed by atoms with E-state index in [2.05, 4.69) is 37.2 Å². The lowest BCUT2D eigenvalue weighted by atomic mass is 9.96. The number of carbonyl (C=O) groups excluding carboxylic acids is 1. The maximum absolute atomic E-state index is 12.5. The first-order valence-corrected chi connectivity index (χ1v) is 11.2. The number of aliphatic carboxylic acids is 1. The molecule has 0 bridgehead atoms. The maximum Gasteiger partial charge on any atom is 0.412 e. The van der Waals surface area contributed by atoms with Gasteiger partial charge in [-0.05, 0) is 58.6 Å². The van der Waals surface area contributed by atoms with Gasteiger partial charge in [-0.1, -0.05) is 28.9 Å². The summed E-state index contributed by atoms with van der Waals surface area (Å²) >= 11 is 8.19. The molecule has 0 aliphatic rings. The molecule has 2 atom stereocenters. The number of carboxylic acids is 1. The Morgan fingerprint density at radius 3 is 2.45 bits per heavy atom. The van der Waals surface area contributed by atoms with Crippen molar-refractivity contribution in [1.82, 2.24) is 0 Å². The average molecular weight is 545 g/mol. The number of aromatic hydroxyl groups is 1. The van der Waals surface area contributed by atoms with Gasteiger partial charge in [0.1, 0.15) is 11.9 Å². The summed E-state index contributed by atoms with van der Waals surface area (Å²) in [6.45, 7) is 1.69. The normalized spacial score (nSPS) is 13.1. The number of rotatable bonds is 7. The van der Waals surface area contributed by atoms with E-state index in [1.54, 1.807) is 43.0 Å².